The number of ether oxygens (including phenoxy) is 2. The normalized spacial score (nSPS) is 34.2. The van der Waals surface area contributed by atoms with Crippen molar-refractivity contribution < 1.29 is 13.9 Å². The number of fused-ring (bicyclic) bond motifs is 4. The van der Waals surface area contributed by atoms with Gasteiger partial charge in [-0.3, -0.25) is 4.90 Å². The Morgan fingerprint density at radius 1 is 1.25 bits per heavy atom. The first kappa shape index (κ1) is 14.8. The van der Waals surface area contributed by atoms with Crippen LogP contribution in [0.15, 0.2) is 22.6 Å². The van der Waals surface area contributed by atoms with Crippen molar-refractivity contribution in [3.8, 4) is 5.75 Å². The van der Waals surface area contributed by atoms with Gasteiger partial charge in [-0.25, -0.2) is 0 Å². The van der Waals surface area contributed by atoms with Crippen LogP contribution in [0.1, 0.15) is 30.1 Å². The Labute approximate surface area is 142 Å². The van der Waals surface area contributed by atoms with E-state index in [2.05, 4.69) is 17.0 Å². The third kappa shape index (κ3) is 2.06. The number of hydrogen-bond acceptors (Lipinski definition) is 4. The average molecular weight is 327 g/mol. The van der Waals surface area contributed by atoms with Crippen molar-refractivity contribution in [1.82, 2.24) is 4.90 Å². The molecule has 24 heavy (non-hydrogen) atoms. The van der Waals surface area contributed by atoms with E-state index in [4.69, 9.17) is 13.9 Å². The zero-order chi connectivity index (χ0) is 16.3. The SMILES string of the molecule is COCC1CC2CC3c4oc5ccc(OC)cc5c4CCN(C2)C13. The third-order valence-corrected chi connectivity index (χ3v) is 6.43. The smallest absolute Gasteiger partial charge is 0.134 e. The Hall–Kier alpha value is -1.52. The minimum absolute atomic E-state index is 0.522. The maximum atomic E-state index is 6.41. The van der Waals surface area contributed by atoms with Crippen LogP contribution in [0.4, 0.5) is 0 Å². The highest BCUT2D eigenvalue weighted by Crippen LogP contribution is 2.51. The molecule has 4 nitrogen and oxygen atoms in total. The van der Waals surface area contributed by atoms with E-state index >= 15 is 0 Å². The number of methoxy groups -OCH3 is 2. The fourth-order valence-electron chi connectivity index (χ4n) is 5.62. The number of hydrogen-bond donors (Lipinski definition) is 0. The molecule has 6 rings (SSSR count). The molecule has 4 heterocycles. The summed E-state index contributed by atoms with van der Waals surface area (Å²) < 4.78 is 17.4. The molecule has 3 fully saturated rings. The van der Waals surface area contributed by atoms with Gasteiger partial charge in [0.2, 0.25) is 0 Å². The van der Waals surface area contributed by atoms with Crippen LogP contribution in [0.3, 0.4) is 0 Å². The summed E-state index contributed by atoms with van der Waals surface area (Å²) in [6, 6.07) is 6.79. The van der Waals surface area contributed by atoms with Gasteiger partial charge in [-0.15, -0.1) is 0 Å². The largest absolute Gasteiger partial charge is 0.497 e. The summed E-state index contributed by atoms with van der Waals surface area (Å²) in [6.07, 6.45) is 3.66. The standard InChI is InChI=1S/C20H25NO3/c1-22-11-13-7-12-8-17-19(13)21(10-12)6-5-15-16-9-14(23-2)3-4-18(16)24-20(15)17/h3-4,9,12-13,17,19H,5-8,10-11H2,1-2H3. The number of benzene rings is 1. The third-order valence-electron chi connectivity index (χ3n) is 6.43. The topological polar surface area (TPSA) is 34.8 Å². The summed E-state index contributed by atoms with van der Waals surface area (Å²) in [5, 5.41) is 1.25. The molecule has 2 aromatic rings. The van der Waals surface area contributed by atoms with Gasteiger partial charge in [-0.2, -0.15) is 0 Å². The molecule has 0 N–H and O–H groups in total. The van der Waals surface area contributed by atoms with Gasteiger partial charge in [-0.1, -0.05) is 0 Å². The van der Waals surface area contributed by atoms with Gasteiger partial charge in [0.25, 0.3) is 0 Å². The summed E-state index contributed by atoms with van der Waals surface area (Å²) in [4.78, 5) is 2.72. The molecule has 0 spiro atoms. The highest BCUT2D eigenvalue weighted by Gasteiger charge is 2.50. The van der Waals surface area contributed by atoms with Crippen LogP contribution in [-0.4, -0.2) is 44.9 Å². The van der Waals surface area contributed by atoms with Gasteiger partial charge >= 0.3 is 0 Å². The second-order valence-electron chi connectivity index (χ2n) is 7.70. The van der Waals surface area contributed by atoms with Crippen LogP contribution in [0, 0.1) is 11.8 Å². The van der Waals surface area contributed by atoms with E-state index in [9.17, 15) is 0 Å². The molecule has 128 valence electrons. The van der Waals surface area contributed by atoms with Crippen molar-refractivity contribution in [3.63, 3.8) is 0 Å². The van der Waals surface area contributed by atoms with E-state index in [1.54, 1.807) is 7.11 Å². The molecule has 1 aliphatic carbocycles. The van der Waals surface area contributed by atoms with Crippen molar-refractivity contribution in [3.05, 3.63) is 29.5 Å². The van der Waals surface area contributed by atoms with Crippen molar-refractivity contribution in [1.29, 1.82) is 0 Å². The van der Waals surface area contributed by atoms with Crippen LogP contribution < -0.4 is 4.74 Å². The molecule has 1 saturated carbocycles. The second-order valence-corrected chi connectivity index (χ2v) is 7.70. The van der Waals surface area contributed by atoms with Crippen molar-refractivity contribution in [2.75, 3.05) is 33.9 Å². The lowest BCUT2D eigenvalue weighted by molar-refractivity contribution is -0.0422. The molecule has 1 aromatic carbocycles. The zero-order valence-corrected chi connectivity index (χ0v) is 14.5. The van der Waals surface area contributed by atoms with Gasteiger partial charge in [0, 0.05) is 43.1 Å². The van der Waals surface area contributed by atoms with Crippen molar-refractivity contribution in [2.45, 2.75) is 31.2 Å². The average Bonchev–Trinajstić information content (AvgIpc) is 2.92. The fraction of sp³-hybridized carbons (Fsp3) is 0.600. The van der Waals surface area contributed by atoms with Gasteiger partial charge in [0.05, 0.1) is 13.7 Å². The lowest BCUT2D eigenvalue weighted by Crippen LogP contribution is -2.57. The highest BCUT2D eigenvalue weighted by molar-refractivity contribution is 5.84. The summed E-state index contributed by atoms with van der Waals surface area (Å²) in [5.74, 6) is 4.11. The first-order chi connectivity index (χ1) is 11.8. The molecular weight excluding hydrogens is 302 g/mol. The molecule has 5 atom stereocenters. The molecule has 0 radical (unpaired) electrons. The van der Waals surface area contributed by atoms with E-state index in [1.807, 2.05) is 13.2 Å². The van der Waals surface area contributed by atoms with Gasteiger partial charge in [0.1, 0.15) is 17.1 Å². The predicted molar refractivity (Wildman–Crippen MR) is 92.7 cm³/mol. The molecule has 5 unspecified atom stereocenters. The maximum absolute atomic E-state index is 6.41. The Kier molecular flexibility index (Phi) is 3.39. The van der Waals surface area contributed by atoms with Crippen molar-refractivity contribution in [2.24, 2.45) is 11.8 Å². The van der Waals surface area contributed by atoms with Gasteiger partial charge < -0.3 is 13.9 Å². The highest BCUT2D eigenvalue weighted by atomic mass is 16.5. The molecule has 4 heteroatoms. The summed E-state index contributed by atoms with van der Waals surface area (Å²) in [7, 11) is 3.56. The molecule has 2 saturated heterocycles. The molecule has 0 amide bonds. The Balaban J connectivity index is 1.63. The van der Waals surface area contributed by atoms with E-state index in [0.29, 0.717) is 17.9 Å². The summed E-state index contributed by atoms with van der Waals surface area (Å²) >= 11 is 0. The Morgan fingerprint density at radius 3 is 3.00 bits per heavy atom. The lowest BCUT2D eigenvalue weighted by atomic mass is 9.66. The Bertz CT molecular complexity index is 768. The number of furan rings is 1. The van der Waals surface area contributed by atoms with Crippen LogP contribution in [0.5, 0.6) is 5.75 Å². The molecule has 3 aliphatic heterocycles. The molecule has 1 aromatic heterocycles. The number of piperidine rings is 2. The van der Waals surface area contributed by atoms with Crippen LogP contribution in [0.25, 0.3) is 11.0 Å². The van der Waals surface area contributed by atoms with Crippen LogP contribution in [0.2, 0.25) is 0 Å². The zero-order valence-electron chi connectivity index (χ0n) is 14.5. The Morgan fingerprint density at radius 2 is 2.17 bits per heavy atom. The molecule has 4 aliphatic rings. The minimum atomic E-state index is 0.522. The predicted octanol–water partition coefficient (Wildman–Crippen LogP) is 3.44. The van der Waals surface area contributed by atoms with E-state index in [1.165, 1.54) is 36.1 Å². The first-order valence-electron chi connectivity index (χ1n) is 9.10. The second kappa shape index (κ2) is 5.50. The van der Waals surface area contributed by atoms with Gasteiger partial charge in [-0.05, 0) is 49.3 Å². The number of nitrogens with zero attached hydrogens (tertiary/aromatic N) is 1. The van der Waals surface area contributed by atoms with Gasteiger partial charge in [0.15, 0.2) is 0 Å². The molecular formula is C20H25NO3. The first-order valence-corrected chi connectivity index (χ1v) is 9.10. The monoisotopic (exact) mass is 327 g/mol. The van der Waals surface area contributed by atoms with Crippen LogP contribution in [-0.2, 0) is 11.2 Å². The summed E-state index contributed by atoms with van der Waals surface area (Å²) in [6.45, 7) is 3.27. The quantitative estimate of drug-likeness (QED) is 0.865. The summed E-state index contributed by atoms with van der Waals surface area (Å²) in [5.41, 5.74) is 2.43. The fourth-order valence-corrected chi connectivity index (χ4v) is 5.62. The van der Waals surface area contributed by atoms with E-state index in [0.717, 1.165) is 36.8 Å². The minimum Gasteiger partial charge on any atom is -0.497 e. The molecule has 4 bridgehead atoms. The van der Waals surface area contributed by atoms with E-state index < -0.39 is 0 Å². The lowest BCUT2D eigenvalue weighted by Gasteiger charge is -2.52. The van der Waals surface area contributed by atoms with E-state index in [-0.39, 0.29) is 0 Å². The number of rotatable bonds is 3. The maximum Gasteiger partial charge on any atom is 0.134 e. The van der Waals surface area contributed by atoms with Crippen LogP contribution >= 0.6 is 0 Å². The van der Waals surface area contributed by atoms with Crippen molar-refractivity contribution >= 4 is 11.0 Å².